The summed E-state index contributed by atoms with van der Waals surface area (Å²) in [5.41, 5.74) is 0.982. The highest BCUT2D eigenvalue weighted by molar-refractivity contribution is 7.90. The van der Waals surface area contributed by atoms with Crippen LogP contribution in [0.1, 0.15) is 26.3 Å². The van der Waals surface area contributed by atoms with Crippen molar-refractivity contribution in [2.24, 2.45) is 0 Å². The van der Waals surface area contributed by atoms with Gasteiger partial charge in [0.25, 0.3) is 0 Å². The highest BCUT2D eigenvalue weighted by atomic mass is 32.2. The van der Waals surface area contributed by atoms with Crippen LogP contribution < -0.4 is 0 Å². The van der Waals surface area contributed by atoms with Crippen molar-refractivity contribution in [2.75, 3.05) is 6.26 Å². The quantitative estimate of drug-likeness (QED) is 0.704. The summed E-state index contributed by atoms with van der Waals surface area (Å²) in [6.07, 6.45) is 1.13. The average molecular weight is 237 g/mol. The van der Waals surface area contributed by atoms with E-state index in [-0.39, 0.29) is 16.0 Å². The summed E-state index contributed by atoms with van der Waals surface area (Å²) in [6.45, 7) is 13.0. The second-order valence-electron chi connectivity index (χ2n) is 4.82. The van der Waals surface area contributed by atoms with Gasteiger partial charge in [-0.3, -0.25) is 0 Å². The van der Waals surface area contributed by atoms with Gasteiger partial charge in [-0.25, -0.2) is 13.3 Å². The molecule has 86 valence electrons. The van der Waals surface area contributed by atoms with Crippen molar-refractivity contribution in [3.8, 4) is 0 Å². The molecule has 0 aliphatic heterocycles. The smallest absolute Gasteiger partial charge is 0.205 e. The third-order valence-corrected chi connectivity index (χ3v) is 3.47. The van der Waals surface area contributed by atoms with Crippen LogP contribution in [-0.2, 0) is 15.3 Å². The molecule has 0 aliphatic carbocycles. The third-order valence-electron chi connectivity index (χ3n) is 2.35. The number of benzene rings is 1. The van der Waals surface area contributed by atoms with E-state index in [2.05, 4.69) is 4.85 Å². The molecule has 0 atom stereocenters. The molecule has 4 heteroatoms. The highest BCUT2D eigenvalue weighted by Gasteiger charge is 2.19. The largest absolute Gasteiger partial charge is 0.237 e. The fourth-order valence-corrected chi connectivity index (χ4v) is 2.20. The van der Waals surface area contributed by atoms with E-state index >= 15 is 0 Å². The molecule has 16 heavy (non-hydrogen) atoms. The standard InChI is InChI=1S/C12H15NO2S/c1-12(2,3)9-6-7-10(13-4)11(8-9)16(5,14)15/h6-8H,1-3,5H3. The number of hydrogen-bond acceptors (Lipinski definition) is 2. The summed E-state index contributed by atoms with van der Waals surface area (Å²) < 4.78 is 23.1. The van der Waals surface area contributed by atoms with Crippen LogP contribution in [0.25, 0.3) is 4.85 Å². The van der Waals surface area contributed by atoms with Crippen LogP contribution in [0.4, 0.5) is 5.69 Å². The van der Waals surface area contributed by atoms with E-state index in [0.29, 0.717) is 0 Å². The average Bonchev–Trinajstić information content (AvgIpc) is 2.14. The van der Waals surface area contributed by atoms with Crippen LogP contribution in [0.15, 0.2) is 23.1 Å². The molecule has 0 heterocycles. The molecule has 3 nitrogen and oxygen atoms in total. The maximum Gasteiger partial charge on any atom is 0.205 e. The predicted octanol–water partition coefficient (Wildman–Crippen LogP) is 2.94. The first-order valence-corrected chi connectivity index (χ1v) is 6.77. The Hall–Kier alpha value is -1.34. The summed E-state index contributed by atoms with van der Waals surface area (Å²) in [5.74, 6) is 0. The van der Waals surface area contributed by atoms with E-state index in [1.54, 1.807) is 12.1 Å². The van der Waals surface area contributed by atoms with Crippen LogP contribution >= 0.6 is 0 Å². The molecule has 1 aromatic carbocycles. The summed E-state index contributed by atoms with van der Waals surface area (Å²) in [4.78, 5) is 3.35. The van der Waals surface area contributed by atoms with E-state index in [9.17, 15) is 8.42 Å². The van der Waals surface area contributed by atoms with Gasteiger partial charge < -0.3 is 0 Å². The van der Waals surface area contributed by atoms with Crippen molar-refractivity contribution in [1.29, 1.82) is 0 Å². The molecule has 0 saturated heterocycles. The van der Waals surface area contributed by atoms with Crippen molar-refractivity contribution < 1.29 is 8.42 Å². The Bertz CT molecular complexity index is 545. The van der Waals surface area contributed by atoms with Gasteiger partial charge in [0, 0.05) is 6.26 Å². The van der Waals surface area contributed by atoms with Gasteiger partial charge in [-0.05, 0) is 11.0 Å². The zero-order chi connectivity index (χ0) is 12.6. The lowest BCUT2D eigenvalue weighted by Gasteiger charge is -2.20. The number of rotatable bonds is 1. The Balaban J connectivity index is 3.54. The molecular formula is C12H15NO2S. The highest BCUT2D eigenvalue weighted by Crippen LogP contribution is 2.30. The lowest BCUT2D eigenvalue weighted by atomic mass is 9.87. The second-order valence-corrected chi connectivity index (χ2v) is 6.80. The molecule has 0 spiro atoms. The first-order valence-electron chi connectivity index (χ1n) is 4.88. The monoisotopic (exact) mass is 237 g/mol. The van der Waals surface area contributed by atoms with Crippen molar-refractivity contribution in [3.63, 3.8) is 0 Å². The van der Waals surface area contributed by atoms with E-state index in [0.717, 1.165) is 11.8 Å². The molecule has 0 unspecified atom stereocenters. The lowest BCUT2D eigenvalue weighted by molar-refractivity contribution is 0.585. The minimum atomic E-state index is -3.34. The summed E-state index contributed by atoms with van der Waals surface area (Å²) >= 11 is 0. The lowest BCUT2D eigenvalue weighted by Crippen LogP contribution is -2.12. The van der Waals surface area contributed by atoms with Crippen LogP contribution in [-0.4, -0.2) is 14.7 Å². The molecule has 0 bridgehead atoms. The number of nitrogens with zero attached hydrogens (tertiary/aromatic N) is 1. The fraction of sp³-hybridized carbons (Fsp3) is 0.417. The topological polar surface area (TPSA) is 38.5 Å². The number of hydrogen-bond donors (Lipinski definition) is 0. The molecule has 0 saturated carbocycles. The second kappa shape index (κ2) is 3.91. The molecule has 0 fully saturated rings. The van der Waals surface area contributed by atoms with Crippen molar-refractivity contribution in [1.82, 2.24) is 0 Å². The van der Waals surface area contributed by atoms with Gasteiger partial charge in [-0.2, -0.15) is 0 Å². The van der Waals surface area contributed by atoms with Crippen LogP contribution in [0.5, 0.6) is 0 Å². The Morgan fingerprint density at radius 2 is 1.81 bits per heavy atom. The molecule has 0 aromatic heterocycles. The molecule has 0 aliphatic rings. The summed E-state index contributed by atoms with van der Waals surface area (Å²) in [6, 6.07) is 4.98. The number of sulfone groups is 1. The molecule has 1 aromatic rings. The van der Waals surface area contributed by atoms with E-state index < -0.39 is 9.84 Å². The molecule has 0 amide bonds. The van der Waals surface area contributed by atoms with Crippen LogP contribution in [0.2, 0.25) is 0 Å². The Morgan fingerprint density at radius 3 is 2.19 bits per heavy atom. The Kier molecular flexibility index (Phi) is 3.11. The van der Waals surface area contributed by atoms with Gasteiger partial charge >= 0.3 is 0 Å². The van der Waals surface area contributed by atoms with E-state index in [4.69, 9.17) is 6.57 Å². The van der Waals surface area contributed by atoms with Crippen molar-refractivity contribution >= 4 is 15.5 Å². The summed E-state index contributed by atoms with van der Waals surface area (Å²) in [5, 5.41) is 0. The Labute approximate surface area is 96.8 Å². The van der Waals surface area contributed by atoms with Crippen molar-refractivity contribution in [2.45, 2.75) is 31.1 Å². The minimum Gasteiger partial charge on any atom is -0.237 e. The van der Waals surface area contributed by atoms with Gasteiger partial charge in [0.15, 0.2) is 9.84 Å². The molecule has 0 N–H and O–H groups in total. The molecule has 1 rings (SSSR count). The zero-order valence-electron chi connectivity index (χ0n) is 9.90. The first kappa shape index (κ1) is 12.7. The third kappa shape index (κ3) is 2.61. The van der Waals surface area contributed by atoms with Gasteiger partial charge in [-0.15, -0.1) is 0 Å². The molecule has 0 radical (unpaired) electrons. The fourth-order valence-electron chi connectivity index (χ4n) is 1.37. The van der Waals surface area contributed by atoms with E-state index in [1.807, 2.05) is 26.8 Å². The van der Waals surface area contributed by atoms with Crippen LogP contribution in [0.3, 0.4) is 0 Å². The van der Waals surface area contributed by atoms with Crippen LogP contribution in [0, 0.1) is 6.57 Å². The minimum absolute atomic E-state index is 0.120. The normalized spacial score (nSPS) is 12.2. The Morgan fingerprint density at radius 1 is 1.25 bits per heavy atom. The maximum absolute atomic E-state index is 11.5. The summed E-state index contributed by atoms with van der Waals surface area (Å²) in [7, 11) is -3.34. The van der Waals surface area contributed by atoms with E-state index in [1.165, 1.54) is 0 Å². The predicted molar refractivity (Wildman–Crippen MR) is 64.5 cm³/mol. The van der Waals surface area contributed by atoms with Gasteiger partial charge in [0.2, 0.25) is 5.69 Å². The van der Waals surface area contributed by atoms with Crippen molar-refractivity contribution in [3.05, 3.63) is 35.2 Å². The SMILES string of the molecule is [C-]#[N+]c1ccc(C(C)(C)C)cc1S(C)(=O)=O. The van der Waals surface area contributed by atoms with Gasteiger partial charge in [-0.1, -0.05) is 39.0 Å². The molecular weight excluding hydrogens is 222 g/mol. The van der Waals surface area contributed by atoms with Gasteiger partial charge in [0.1, 0.15) is 0 Å². The first-order chi connectivity index (χ1) is 7.16. The zero-order valence-corrected chi connectivity index (χ0v) is 10.7. The van der Waals surface area contributed by atoms with Gasteiger partial charge in [0.05, 0.1) is 11.5 Å². The maximum atomic E-state index is 11.5.